The highest BCUT2D eigenvalue weighted by molar-refractivity contribution is 9.10. The van der Waals surface area contributed by atoms with E-state index in [4.69, 9.17) is 0 Å². The Balaban J connectivity index is 2.35. The van der Waals surface area contributed by atoms with Gasteiger partial charge in [-0.1, -0.05) is 22.9 Å². The topological polar surface area (TPSA) is 41.1 Å². The fraction of sp³-hybridized carbons (Fsp3) is 0.417. The van der Waals surface area contributed by atoms with Crippen molar-refractivity contribution in [3.8, 4) is 0 Å². The smallest absolute Gasteiger partial charge is 0.233 e. The SMILES string of the molecule is CCCNC(=O)CNCc1cc(F)ccc1Br. The Morgan fingerprint density at radius 2 is 2.24 bits per heavy atom. The Morgan fingerprint density at radius 1 is 1.47 bits per heavy atom. The summed E-state index contributed by atoms with van der Waals surface area (Å²) in [5.41, 5.74) is 0.799. The molecule has 0 saturated carbocycles. The molecule has 0 radical (unpaired) electrons. The Kier molecular flexibility index (Phi) is 6.15. The lowest BCUT2D eigenvalue weighted by atomic mass is 10.2. The van der Waals surface area contributed by atoms with Crippen molar-refractivity contribution < 1.29 is 9.18 Å². The van der Waals surface area contributed by atoms with Gasteiger partial charge in [-0.3, -0.25) is 4.79 Å². The van der Waals surface area contributed by atoms with Crippen LogP contribution in [0.4, 0.5) is 4.39 Å². The van der Waals surface area contributed by atoms with Crippen LogP contribution in [-0.4, -0.2) is 19.0 Å². The van der Waals surface area contributed by atoms with Crippen LogP contribution >= 0.6 is 15.9 Å². The van der Waals surface area contributed by atoms with Gasteiger partial charge in [0.15, 0.2) is 0 Å². The van der Waals surface area contributed by atoms with E-state index in [-0.39, 0.29) is 18.3 Å². The normalized spacial score (nSPS) is 10.3. The van der Waals surface area contributed by atoms with E-state index in [1.54, 1.807) is 6.07 Å². The van der Waals surface area contributed by atoms with Crippen LogP contribution in [0.25, 0.3) is 0 Å². The van der Waals surface area contributed by atoms with Crippen molar-refractivity contribution in [1.29, 1.82) is 0 Å². The summed E-state index contributed by atoms with van der Waals surface area (Å²) in [6, 6.07) is 4.49. The van der Waals surface area contributed by atoms with Gasteiger partial charge in [-0.05, 0) is 30.2 Å². The fourth-order valence-electron chi connectivity index (χ4n) is 1.32. The van der Waals surface area contributed by atoms with Crippen LogP contribution in [-0.2, 0) is 11.3 Å². The third-order valence-corrected chi connectivity index (χ3v) is 2.95. The molecule has 1 amide bonds. The predicted molar refractivity (Wildman–Crippen MR) is 69.1 cm³/mol. The maximum atomic E-state index is 13.0. The van der Waals surface area contributed by atoms with E-state index in [2.05, 4.69) is 26.6 Å². The average Bonchev–Trinajstić information content (AvgIpc) is 2.31. The summed E-state index contributed by atoms with van der Waals surface area (Å²) in [4.78, 5) is 11.3. The highest BCUT2D eigenvalue weighted by Gasteiger charge is 2.03. The van der Waals surface area contributed by atoms with E-state index in [1.165, 1.54) is 12.1 Å². The van der Waals surface area contributed by atoms with Crippen LogP contribution in [0.3, 0.4) is 0 Å². The van der Waals surface area contributed by atoms with Gasteiger partial charge in [-0.15, -0.1) is 0 Å². The first-order chi connectivity index (χ1) is 8.13. The maximum absolute atomic E-state index is 13.0. The molecule has 1 rings (SSSR count). The van der Waals surface area contributed by atoms with E-state index < -0.39 is 0 Å². The lowest BCUT2D eigenvalue weighted by molar-refractivity contribution is -0.120. The first-order valence-electron chi connectivity index (χ1n) is 5.54. The van der Waals surface area contributed by atoms with E-state index >= 15 is 0 Å². The number of hydrogen-bond acceptors (Lipinski definition) is 2. The van der Waals surface area contributed by atoms with E-state index in [0.29, 0.717) is 13.1 Å². The summed E-state index contributed by atoms with van der Waals surface area (Å²) in [6.45, 7) is 3.38. The van der Waals surface area contributed by atoms with Gasteiger partial charge in [0, 0.05) is 17.6 Å². The molecule has 94 valence electrons. The molecule has 0 fully saturated rings. The Hall–Kier alpha value is -0.940. The molecular formula is C12H16BrFN2O. The van der Waals surface area contributed by atoms with Gasteiger partial charge in [0.05, 0.1) is 6.54 Å². The third kappa shape index (κ3) is 5.28. The summed E-state index contributed by atoms with van der Waals surface area (Å²) in [5, 5.41) is 5.73. The molecule has 0 atom stereocenters. The molecular weight excluding hydrogens is 287 g/mol. The highest BCUT2D eigenvalue weighted by atomic mass is 79.9. The summed E-state index contributed by atoms with van der Waals surface area (Å²) in [6.07, 6.45) is 0.918. The van der Waals surface area contributed by atoms with E-state index in [9.17, 15) is 9.18 Å². The molecule has 5 heteroatoms. The van der Waals surface area contributed by atoms with Gasteiger partial charge < -0.3 is 10.6 Å². The molecule has 0 aliphatic carbocycles. The molecule has 3 nitrogen and oxygen atoms in total. The molecule has 1 aromatic carbocycles. The van der Waals surface area contributed by atoms with Crippen LogP contribution in [0, 0.1) is 5.82 Å². The highest BCUT2D eigenvalue weighted by Crippen LogP contribution is 2.17. The number of nitrogens with one attached hydrogen (secondary N) is 2. The molecule has 17 heavy (non-hydrogen) atoms. The summed E-state index contributed by atoms with van der Waals surface area (Å²) in [7, 11) is 0. The van der Waals surface area contributed by atoms with Crippen molar-refractivity contribution in [1.82, 2.24) is 10.6 Å². The molecule has 0 unspecified atom stereocenters. The quantitative estimate of drug-likeness (QED) is 0.846. The van der Waals surface area contributed by atoms with Gasteiger partial charge in [0.2, 0.25) is 5.91 Å². The van der Waals surface area contributed by atoms with Gasteiger partial charge in [-0.2, -0.15) is 0 Å². The summed E-state index contributed by atoms with van der Waals surface area (Å²) < 4.78 is 13.8. The van der Waals surface area contributed by atoms with Gasteiger partial charge in [0.1, 0.15) is 5.82 Å². The largest absolute Gasteiger partial charge is 0.355 e. The number of hydrogen-bond donors (Lipinski definition) is 2. The second-order valence-corrected chi connectivity index (χ2v) is 4.54. The fourth-order valence-corrected chi connectivity index (χ4v) is 1.70. The number of carbonyl (C=O) groups is 1. The predicted octanol–water partition coefficient (Wildman–Crippen LogP) is 2.20. The Bertz CT molecular complexity index is 385. The van der Waals surface area contributed by atoms with Gasteiger partial charge in [-0.25, -0.2) is 4.39 Å². The molecule has 0 bridgehead atoms. The molecule has 0 aliphatic heterocycles. The number of carbonyl (C=O) groups excluding carboxylic acids is 1. The Labute approximate surface area is 109 Å². The molecule has 0 heterocycles. The van der Waals surface area contributed by atoms with Crippen molar-refractivity contribution in [2.24, 2.45) is 0 Å². The van der Waals surface area contributed by atoms with Crippen LogP contribution in [0.5, 0.6) is 0 Å². The lowest BCUT2D eigenvalue weighted by Gasteiger charge is -2.07. The minimum atomic E-state index is -0.277. The van der Waals surface area contributed by atoms with Crippen molar-refractivity contribution in [2.75, 3.05) is 13.1 Å². The Morgan fingerprint density at radius 3 is 2.94 bits per heavy atom. The van der Waals surface area contributed by atoms with Crippen LogP contribution in [0.1, 0.15) is 18.9 Å². The first-order valence-corrected chi connectivity index (χ1v) is 6.34. The summed E-state index contributed by atoms with van der Waals surface area (Å²) >= 11 is 3.33. The second-order valence-electron chi connectivity index (χ2n) is 3.69. The van der Waals surface area contributed by atoms with Crippen molar-refractivity contribution >= 4 is 21.8 Å². The van der Waals surface area contributed by atoms with Crippen molar-refractivity contribution in [2.45, 2.75) is 19.9 Å². The number of benzene rings is 1. The molecule has 0 saturated heterocycles. The van der Waals surface area contributed by atoms with Crippen LogP contribution in [0.15, 0.2) is 22.7 Å². The molecule has 2 N–H and O–H groups in total. The zero-order chi connectivity index (χ0) is 12.7. The zero-order valence-corrected chi connectivity index (χ0v) is 11.3. The van der Waals surface area contributed by atoms with Gasteiger partial charge in [0.25, 0.3) is 0 Å². The number of amides is 1. The van der Waals surface area contributed by atoms with Crippen molar-refractivity contribution in [3.05, 3.63) is 34.1 Å². The maximum Gasteiger partial charge on any atom is 0.233 e. The van der Waals surface area contributed by atoms with E-state index in [1.807, 2.05) is 6.92 Å². The summed E-state index contributed by atoms with van der Waals surface area (Å²) in [5.74, 6) is -0.320. The van der Waals surface area contributed by atoms with Crippen LogP contribution in [0.2, 0.25) is 0 Å². The minimum absolute atomic E-state index is 0.0422. The average molecular weight is 303 g/mol. The van der Waals surface area contributed by atoms with E-state index in [0.717, 1.165) is 16.5 Å². The van der Waals surface area contributed by atoms with Crippen LogP contribution < -0.4 is 10.6 Å². The second kappa shape index (κ2) is 7.40. The molecule has 1 aromatic rings. The number of halogens is 2. The molecule has 0 aromatic heterocycles. The zero-order valence-electron chi connectivity index (χ0n) is 9.72. The molecule has 0 spiro atoms. The molecule has 0 aliphatic rings. The lowest BCUT2D eigenvalue weighted by Crippen LogP contribution is -2.34. The number of rotatable bonds is 6. The monoisotopic (exact) mass is 302 g/mol. The third-order valence-electron chi connectivity index (χ3n) is 2.18. The first kappa shape index (κ1) is 14.1. The minimum Gasteiger partial charge on any atom is -0.355 e. The van der Waals surface area contributed by atoms with Crippen molar-refractivity contribution in [3.63, 3.8) is 0 Å². The van der Waals surface area contributed by atoms with Gasteiger partial charge >= 0.3 is 0 Å². The standard InChI is InChI=1S/C12H16BrFN2O/c1-2-5-16-12(17)8-15-7-9-6-10(14)3-4-11(9)13/h3-4,6,15H,2,5,7-8H2,1H3,(H,16,17).